The molecule has 0 radical (unpaired) electrons. The highest BCUT2D eigenvalue weighted by atomic mass is 32.1. The third-order valence-electron chi connectivity index (χ3n) is 3.07. The molecule has 0 aliphatic rings. The summed E-state index contributed by atoms with van der Waals surface area (Å²) in [5.74, 6) is 0. The highest BCUT2D eigenvalue weighted by Crippen LogP contribution is 2.27. The first-order valence-corrected chi connectivity index (χ1v) is 6.80. The quantitative estimate of drug-likeness (QED) is 0.578. The Bertz CT molecular complexity index is 862. The van der Waals surface area contributed by atoms with Crippen molar-refractivity contribution in [3.8, 4) is 0 Å². The minimum Gasteiger partial charge on any atom is -0.355 e. The van der Waals surface area contributed by atoms with Gasteiger partial charge in [0.1, 0.15) is 5.65 Å². The molecule has 0 atom stereocenters. The van der Waals surface area contributed by atoms with E-state index in [2.05, 4.69) is 26.3 Å². The van der Waals surface area contributed by atoms with Crippen LogP contribution in [0.5, 0.6) is 0 Å². The van der Waals surface area contributed by atoms with Crippen molar-refractivity contribution >= 4 is 44.0 Å². The van der Waals surface area contributed by atoms with Crippen LogP contribution in [0.15, 0.2) is 48.2 Å². The number of benzene rings is 1. The Hall–Kier alpha value is -2.40. The number of anilines is 2. The largest absolute Gasteiger partial charge is 0.355 e. The number of thiazole rings is 1. The zero-order valence-corrected chi connectivity index (χ0v) is 10.7. The zero-order valence-electron chi connectivity index (χ0n) is 9.92. The van der Waals surface area contributed by atoms with Crippen LogP contribution in [0.1, 0.15) is 0 Å². The van der Waals surface area contributed by atoms with Crippen LogP contribution in [-0.4, -0.2) is 15.0 Å². The monoisotopic (exact) mass is 266 g/mol. The Morgan fingerprint density at radius 3 is 3.11 bits per heavy atom. The van der Waals surface area contributed by atoms with Crippen LogP contribution in [-0.2, 0) is 0 Å². The van der Waals surface area contributed by atoms with Gasteiger partial charge in [-0.2, -0.15) is 0 Å². The summed E-state index contributed by atoms with van der Waals surface area (Å²) in [5, 5.41) is 4.52. The molecule has 3 heterocycles. The SMILES string of the molecule is c1cc(Nc2ccc3ncsc3c2)c2cc[nH]c2n1. The lowest BCUT2D eigenvalue weighted by Gasteiger charge is -2.07. The predicted molar refractivity (Wildman–Crippen MR) is 79.0 cm³/mol. The zero-order chi connectivity index (χ0) is 12.7. The van der Waals surface area contributed by atoms with E-state index in [1.165, 1.54) is 4.70 Å². The molecule has 0 saturated carbocycles. The van der Waals surface area contributed by atoms with Gasteiger partial charge in [0.15, 0.2) is 0 Å². The number of hydrogen-bond acceptors (Lipinski definition) is 4. The summed E-state index contributed by atoms with van der Waals surface area (Å²) in [7, 11) is 0. The van der Waals surface area contributed by atoms with E-state index >= 15 is 0 Å². The highest BCUT2D eigenvalue weighted by molar-refractivity contribution is 7.16. The molecule has 0 unspecified atom stereocenters. The van der Waals surface area contributed by atoms with E-state index in [1.807, 2.05) is 36.0 Å². The maximum Gasteiger partial charge on any atom is 0.139 e. The van der Waals surface area contributed by atoms with Gasteiger partial charge in [0, 0.05) is 23.5 Å². The van der Waals surface area contributed by atoms with E-state index in [0.29, 0.717) is 0 Å². The third-order valence-corrected chi connectivity index (χ3v) is 3.86. The summed E-state index contributed by atoms with van der Waals surface area (Å²) in [4.78, 5) is 11.7. The van der Waals surface area contributed by atoms with Crippen molar-refractivity contribution in [2.75, 3.05) is 5.32 Å². The Kier molecular flexibility index (Phi) is 2.25. The molecule has 0 amide bonds. The number of aromatic nitrogens is 3. The number of nitrogens with one attached hydrogen (secondary N) is 2. The van der Waals surface area contributed by atoms with Gasteiger partial charge in [0.2, 0.25) is 0 Å². The van der Waals surface area contributed by atoms with Gasteiger partial charge < -0.3 is 10.3 Å². The molecular weight excluding hydrogens is 256 g/mol. The second-order valence-corrected chi connectivity index (χ2v) is 5.14. The van der Waals surface area contributed by atoms with Crippen molar-refractivity contribution < 1.29 is 0 Å². The maximum absolute atomic E-state index is 4.28. The normalized spacial score (nSPS) is 11.2. The van der Waals surface area contributed by atoms with E-state index in [0.717, 1.165) is 27.9 Å². The van der Waals surface area contributed by atoms with Crippen molar-refractivity contribution in [1.82, 2.24) is 15.0 Å². The molecule has 0 saturated heterocycles. The molecule has 0 aliphatic heterocycles. The van der Waals surface area contributed by atoms with Crippen LogP contribution in [0.25, 0.3) is 21.3 Å². The minimum atomic E-state index is 0.892. The lowest BCUT2D eigenvalue weighted by Crippen LogP contribution is -1.91. The van der Waals surface area contributed by atoms with Crippen LogP contribution < -0.4 is 5.32 Å². The molecule has 0 aliphatic carbocycles. The Morgan fingerprint density at radius 1 is 1.11 bits per heavy atom. The van der Waals surface area contributed by atoms with Crippen molar-refractivity contribution in [2.45, 2.75) is 0 Å². The summed E-state index contributed by atoms with van der Waals surface area (Å²) in [6, 6.07) is 10.2. The van der Waals surface area contributed by atoms with Gasteiger partial charge in [0.25, 0.3) is 0 Å². The smallest absolute Gasteiger partial charge is 0.139 e. The number of aromatic amines is 1. The number of H-pyrrole nitrogens is 1. The van der Waals surface area contributed by atoms with Crippen LogP contribution in [0.3, 0.4) is 0 Å². The second kappa shape index (κ2) is 4.07. The first-order valence-electron chi connectivity index (χ1n) is 5.92. The van der Waals surface area contributed by atoms with Gasteiger partial charge in [-0.1, -0.05) is 0 Å². The first kappa shape index (κ1) is 10.5. The van der Waals surface area contributed by atoms with Gasteiger partial charge in [-0.15, -0.1) is 11.3 Å². The van der Waals surface area contributed by atoms with E-state index in [9.17, 15) is 0 Å². The Labute approximate surface area is 113 Å². The fraction of sp³-hybridized carbons (Fsp3) is 0. The molecule has 0 spiro atoms. The van der Waals surface area contributed by atoms with Crippen molar-refractivity contribution in [2.24, 2.45) is 0 Å². The molecule has 3 aromatic heterocycles. The van der Waals surface area contributed by atoms with Gasteiger partial charge in [0.05, 0.1) is 21.4 Å². The molecule has 1 aromatic carbocycles. The number of pyridine rings is 1. The second-order valence-electron chi connectivity index (χ2n) is 4.26. The molecule has 2 N–H and O–H groups in total. The summed E-state index contributed by atoms with van der Waals surface area (Å²) in [5.41, 5.74) is 5.91. The number of rotatable bonds is 2. The molecule has 4 nitrogen and oxygen atoms in total. The van der Waals surface area contributed by atoms with E-state index < -0.39 is 0 Å². The predicted octanol–water partition coefficient (Wildman–Crippen LogP) is 3.92. The van der Waals surface area contributed by atoms with Crippen molar-refractivity contribution in [3.05, 3.63) is 48.2 Å². The van der Waals surface area contributed by atoms with E-state index in [-0.39, 0.29) is 0 Å². The average Bonchev–Trinajstić information content (AvgIpc) is 3.06. The molecule has 19 heavy (non-hydrogen) atoms. The molecule has 4 rings (SSSR count). The van der Waals surface area contributed by atoms with Crippen molar-refractivity contribution in [1.29, 1.82) is 0 Å². The molecule has 4 aromatic rings. The van der Waals surface area contributed by atoms with Crippen LogP contribution >= 0.6 is 11.3 Å². The number of fused-ring (bicyclic) bond motifs is 2. The van der Waals surface area contributed by atoms with Crippen LogP contribution in [0.2, 0.25) is 0 Å². The summed E-state index contributed by atoms with van der Waals surface area (Å²) >= 11 is 1.65. The Morgan fingerprint density at radius 2 is 2.11 bits per heavy atom. The molecular formula is C14H10N4S. The summed E-state index contributed by atoms with van der Waals surface area (Å²) < 4.78 is 1.18. The standard InChI is InChI=1S/C14H10N4S/c1-2-12-13(19-8-17-12)7-9(1)18-11-4-6-16-14-10(11)3-5-15-14/h1-8H,(H2,15,16,18). The van der Waals surface area contributed by atoms with Gasteiger partial charge in [-0.25, -0.2) is 9.97 Å². The van der Waals surface area contributed by atoms with Crippen LogP contribution in [0.4, 0.5) is 11.4 Å². The topological polar surface area (TPSA) is 53.6 Å². The average molecular weight is 266 g/mol. The summed E-state index contributed by atoms with van der Waals surface area (Å²) in [6.07, 6.45) is 3.70. The fourth-order valence-electron chi connectivity index (χ4n) is 2.16. The molecule has 92 valence electrons. The third kappa shape index (κ3) is 1.75. The van der Waals surface area contributed by atoms with Gasteiger partial charge in [-0.05, 0) is 30.3 Å². The summed E-state index contributed by atoms with van der Waals surface area (Å²) in [6.45, 7) is 0. The highest BCUT2D eigenvalue weighted by Gasteiger charge is 2.04. The lowest BCUT2D eigenvalue weighted by atomic mass is 10.2. The first-order chi connectivity index (χ1) is 9.40. The van der Waals surface area contributed by atoms with Gasteiger partial charge in [-0.3, -0.25) is 0 Å². The molecule has 5 heteroatoms. The molecule has 0 bridgehead atoms. The maximum atomic E-state index is 4.28. The van der Waals surface area contributed by atoms with Gasteiger partial charge >= 0.3 is 0 Å². The van der Waals surface area contributed by atoms with Crippen LogP contribution in [0, 0.1) is 0 Å². The van der Waals surface area contributed by atoms with E-state index in [4.69, 9.17) is 0 Å². The number of nitrogens with zero attached hydrogens (tertiary/aromatic N) is 2. The van der Waals surface area contributed by atoms with Crippen molar-refractivity contribution in [3.63, 3.8) is 0 Å². The number of hydrogen-bond donors (Lipinski definition) is 2. The Balaban J connectivity index is 1.79. The molecule has 0 fully saturated rings. The lowest BCUT2D eigenvalue weighted by molar-refractivity contribution is 1.32. The van der Waals surface area contributed by atoms with E-state index in [1.54, 1.807) is 17.5 Å². The fourth-order valence-corrected chi connectivity index (χ4v) is 2.87. The minimum absolute atomic E-state index is 0.892.